The van der Waals surface area contributed by atoms with Gasteiger partial charge in [-0.25, -0.2) is 0 Å². The lowest BCUT2D eigenvalue weighted by Gasteiger charge is -2.28. The molecule has 1 amide bonds. The summed E-state index contributed by atoms with van der Waals surface area (Å²) in [7, 11) is 0. The topological polar surface area (TPSA) is 49.8 Å². The van der Waals surface area contributed by atoms with Crippen molar-refractivity contribution in [2.24, 2.45) is 5.92 Å². The molecule has 4 nitrogen and oxygen atoms in total. The summed E-state index contributed by atoms with van der Waals surface area (Å²) in [5, 5.41) is 9.97. The van der Waals surface area contributed by atoms with Crippen LogP contribution in [0.5, 0.6) is 0 Å². The lowest BCUT2D eigenvalue weighted by molar-refractivity contribution is -0.139. The van der Waals surface area contributed by atoms with Crippen LogP contribution >= 0.6 is 0 Å². The van der Waals surface area contributed by atoms with Gasteiger partial charge in [-0.1, -0.05) is 12.1 Å². The maximum atomic E-state index is 12.8. The smallest absolute Gasteiger partial charge is 0.391 e. The summed E-state index contributed by atoms with van der Waals surface area (Å²) < 4.78 is 43.5. The van der Waals surface area contributed by atoms with Crippen molar-refractivity contribution < 1.29 is 27.8 Å². The first-order valence-corrected chi connectivity index (χ1v) is 8.04. The molecule has 3 rings (SSSR count). The van der Waals surface area contributed by atoms with Crippen molar-refractivity contribution in [2.45, 2.75) is 44.2 Å². The molecule has 0 aromatic heterocycles. The van der Waals surface area contributed by atoms with E-state index in [1.165, 1.54) is 12.1 Å². The Morgan fingerprint density at radius 1 is 1.29 bits per heavy atom. The zero-order chi connectivity index (χ0) is 17.5. The van der Waals surface area contributed by atoms with E-state index in [9.17, 15) is 23.1 Å². The minimum absolute atomic E-state index is 0.0959. The van der Waals surface area contributed by atoms with Crippen molar-refractivity contribution in [3.05, 3.63) is 35.4 Å². The summed E-state index contributed by atoms with van der Waals surface area (Å²) in [6.45, 7) is 2.57. The summed E-state index contributed by atoms with van der Waals surface area (Å²) in [6.07, 6.45) is -4.27. The lowest BCUT2D eigenvalue weighted by Crippen LogP contribution is -2.39. The molecule has 24 heavy (non-hydrogen) atoms. The van der Waals surface area contributed by atoms with Crippen LogP contribution in [0.25, 0.3) is 0 Å². The quantitative estimate of drug-likeness (QED) is 0.898. The van der Waals surface area contributed by atoms with E-state index in [4.69, 9.17) is 4.74 Å². The first kappa shape index (κ1) is 17.2. The fourth-order valence-electron chi connectivity index (χ4n) is 3.54. The Hall–Kier alpha value is -1.60. The second-order valence-electron chi connectivity index (χ2n) is 6.49. The number of hydrogen-bond acceptors (Lipinski definition) is 3. The first-order chi connectivity index (χ1) is 11.3. The molecule has 0 radical (unpaired) electrons. The average molecular weight is 343 g/mol. The zero-order valence-electron chi connectivity index (χ0n) is 13.3. The van der Waals surface area contributed by atoms with Gasteiger partial charge in [-0.3, -0.25) is 4.79 Å². The van der Waals surface area contributed by atoms with E-state index in [0.717, 1.165) is 12.1 Å². The van der Waals surface area contributed by atoms with E-state index < -0.39 is 23.9 Å². The van der Waals surface area contributed by atoms with Crippen molar-refractivity contribution in [1.82, 2.24) is 4.90 Å². The van der Waals surface area contributed by atoms with Gasteiger partial charge in [-0.15, -0.1) is 0 Å². The van der Waals surface area contributed by atoms with Crippen LogP contribution in [0.1, 0.15) is 36.9 Å². The van der Waals surface area contributed by atoms with Crippen molar-refractivity contribution in [2.75, 3.05) is 13.2 Å². The highest BCUT2D eigenvalue weighted by Gasteiger charge is 2.41. The minimum Gasteiger partial charge on any atom is -0.391 e. The molecular weight excluding hydrogens is 323 g/mol. The van der Waals surface area contributed by atoms with Gasteiger partial charge in [-0.05, 0) is 37.5 Å². The number of ether oxygens (including phenoxy) is 1. The monoisotopic (exact) mass is 343 g/mol. The SMILES string of the molecule is CC1OCCC1C(=O)N1CC(O)CC1c1ccc(C(F)(F)F)cc1. The van der Waals surface area contributed by atoms with Crippen molar-refractivity contribution in [3.8, 4) is 0 Å². The van der Waals surface area contributed by atoms with E-state index in [2.05, 4.69) is 0 Å². The third-order valence-electron chi connectivity index (χ3n) is 4.88. The van der Waals surface area contributed by atoms with Crippen LogP contribution in [0.15, 0.2) is 24.3 Å². The third-order valence-corrected chi connectivity index (χ3v) is 4.88. The number of rotatable bonds is 2. The molecule has 1 aromatic carbocycles. The van der Waals surface area contributed by atoms with Gasteiger partial charge in [0.05, 0.1) is 29.7 Å². The van der Waals surface area contributed by atoms with Gasteiger partial charge in [0.25, 0.3) is 0 Å². The number of aliphatic hydroxyl groups excluding tert-OH is 1. The Labute approximate surface area is 138 Å². The molecule has 2 aliphatic rings. The van der Waals surface area contributed by atoms with Crippen LogP contribution in [0.2, 0.25) is 0 Å². The Bertz CT molecular complexity index is 602. The molecule has 132 valence electrons. The number of hydrogen-bond donors (Lipinski definition) is 1. The van der Waals surface area contributed by atoms with Gasteiger partial charge >= 0.3 is 6.18 Å². The maximum Gasteiger partial charge on any atom is 0.416 e. The number of alkyl halides is 3. The molecule has 1 aromatic rings. The van der Waals surface area contributed by atoms with E-state index in [1.807, 2.05) is 6.92 Å². The Morgan fingerprint density at radius 2 is 1.96 bits per heavy atom. The molecule has 2 saturated heterocycles. The lowest BCUT2D eigenvalue weighted by atomic mass is 9.98. The predicted molar refractivity (Wildman–Crippen MR) is 80.0 cm³/mol. The number of nitrogens with zero attached hydrogens (tertiary/aromatic N) is 1. The average Bonchev–Trinajstić information content (AvgIpc) is 3.12. The van der Waals surface area contributed by atoms with Gasteiger partial charge in [0.15, 0.2) is 0 Å². The molecular formula is C17H20F3NO3. The van der Waals surface area contributed by atoms with Crippen LogP contribution in [0.3, 0.4) is 0 Å². The number of β-amino-alcohol motifs (C(OH)–C–C–N with tert-alkyl or cyclic N) is 1. The van der Waals surface area contributed by atoms with Crippen LogP contribution in [0.4, 0.5) is 13.2 Å². The predicted octanol–water partition coefficient (Wildman–Crippen LogP) is 2.76. The van der Waals surface area contributed by atoms with Crippen LogP contribution in [-0.4, -0.2) is 41.3 Å². The summed E-state index contributed by atoms with van der Waals surface area (Å²) in [6, 6.07) is 4.41. The van der Waals surface area contributed by atoms with Gasteiger partial charge in [0.2, 0.25) is 5.91 Å². The molecule has 1 N–H and O–H groups in total. The zero-order valence-corrected chi connectivity index (χ0v) is 13.3. The Morgan fingerprint density at radius 3 is 2.50 bits per heavy atom. The molecule has 0 spiro atoms. The number of likely N-dealkylation sites (tertiary alicyclic amines) is 1. The Kier molecular flexibility index (Phi) is 4.57. The van der Waals surface area contributed by atoms with Crippen molar-refractivity contribution in [3.63, 3.8) is 0 Å². The maximum absolute atomic E-state index is 12.8. The van der Waals surface area contributed by atoms with Crippen LogP contribution in [-0.2, 0) is 15.7 Å². The van der Waals surface area contributed by atoms with Crippen LogP contribution in [0, 0.1) is 5.92 Å². The normalized spacial score (nSPS) is 30.8. The van der Waals surface area contributed by atoms with E-state index in [0.29, 0.717) is 25.0 Å². The number of amides is 1. The van der Waals surface area contributed by atoms with Crippen molar-refractivity contribution in [1.29, 1.82) is 0 Å². The summed E-state index contributed by atoms with van der Waals surface area (Å²) >= 11 is 0. The number of benzene rings is 1. The molecule has 0 saturated carbocycles. The van der Waals surface area contributed by atoms with E-state index in [1.54, 1.807) is 4.90 Å². The van der Waals surface area contributed by atoms with E-state index in [-0.39, 0.29) is 24.5 Å². The van der Waals surface area contributed by atoms with Gasteiger partial charge in [0.1, 0.15) is 0 Å². The molecule has 2 heterocycles. The molecule has 0 aliphatic carbocycles. The van der Waals surface area contributed by atoms with Crippen LogP contribution < -0.4 is 0 Å². The summed E-state index contributed by atoms with van der Waals surface area (Å²) in [5.41, 5.74) is -0.111. The van der Waals surface area contributed by atoms with Crippen molar-refractivity contribution >= 4 is 5.91 Å². The number of aliphatic hydroxyl groups is 1. The molecule has 4 atom stereocenters. The largest absolute Gasteiger partial charge is 0.416 e. The van der Waals surface area contributed by atoms with Gasteiger partial charge < -0.3 is 14.7 Å². The summed E-state index contributed by atoms with van der Waals surface area (Å²) in [5.74, 6) is -0.353. The molecule has 4 unspecified atom stereocenters. The number of halogens is 3. The highest BCUT2D eigenvalue weighted by molar-refractivity contribution is 5.80. The highest BCUT2D eigenvalue weighted by atomic mass is 19.4. The second-order valence-corrected chi connectivity index (χ2v) is 6.49. The standard InChI is InChI=1S/C17H20F3NO3/c1-10-14(6-7-24-10)16(23)21-9-13(22)8-15(21)11-2-4-12(5-3-11)17(18,19)20/h2-5,10,13-15,22H,6-9H2,1H3. The molecule has 2 fully saturated rings. The van der Waals surface area contributed by atoms with E-state index >= 15 is 0 Å². The molecule has 2 aliphatic heterocycles. The Balaban J connectivity index is 1.81. The highest BCUT2D eigenvalue weighted by Crippen LogP contribution is 2.37. The fourth-order valence-corrected chi connectivity index (χ4v) is 3.54. The second kappa shape index (κ2) is 6.37. The number of carbonyl (C=O) groups is 1. The fraction of sp³-hybridized carbons (Fsp3) is 0.588. The molecule has 7 heteroatoms. The summed E-state index contributed by atoms with van der Waals surface area (Å²) in [4.78, 5) is 14.4. The third kappa shape index (κ3) is 3.28. The van der Waals surface area contributed by atoms with Gasteiger partial charge in [-0.2, -0.15) is 13.2 Å². The molecule has 0 bridgehead atoms. The minimum atomic E-state index is -4.39. The first-order valence-electron chi connectivity index (χ1n) is 8.04. The van der Waals surface area contributed by atoms with Gasteiger partial charge in [0, 0.05) is 13.2 Å². The number of carbonyl (C=O) groups excluding carboxylic acids is 1.